The molecule has 0 atom stereocenters. The van der Waals surface area contributed by atoms with Crippen molar-refractivity contribution < 1.29 is 13.9 Å². The molecule has 0 aliphatic heterocycles. The van der Waals surface area contributed by atoms with Crippen LogP contribution >= 0.6 is 24.0 Å². The molecule has 8 heteroatoms. The number of halogens is 2. The fourth-order valence-corrected chi connectivity index (χ4v) is 3.16. The molecule has 0 heterocycles. The summed E-state index contributed by atoms with van der Waals surface area (Å²) in [5.41, 5.74) is 2.84. The molecule has 180 valence electrons. The molecule has 3 rings (SSSR count). The summed E-state index contributed by atoms with van der Waals surface area (Å²) in [6.07, 6.45) is 0.769. The largest absolute Gasteiger partial charge is 0.457 e. The Balaban J connectivity index is 0.00000408. The Morgan fingerprint density at radius 3 is 2.21 bits per heavy atom. The smallest absolute Gasteiger partial charge is 0.253 e. The van der Waals surface area contributed by atoms with Crippen molar-refractivity contribution in [2.75, 3.05) is 27.7 Å². The molecule has 0 aliphatic rings. The molecule has 0 saturated heterocycles. The van der Waals surface area contributed by atoms with E-state index in [0.717, 1.165) is 17.5 Å². The van der Waals surface area contributed by atoms with Crippen molar-refractivity contribution in [1.82, 2.24) is 15.5 Å². The van der Waals surface area contributed by atoms with Gasteiger partial charge in [0.2, 0.25) is 0 Å². The lowest BCUT2D eigenvalue weighted by atomic mass is 10.1. The van der Waals surface area contributed by atoms with Gasteiger partial charge in [0, 0.05) is 39.8 Å². The minimum Gasteiger partial charge on any atom is -0.457 e. The topological polar surface area (TPSA) is 66.0 Å². The van der Waals surface area contributed by atoms with E-state index in [0.29, 0.717) is 36.1 Å². The van der Waals surface area contributed by atoms with E-state index in [1.807, 2.05) is 48.5 Å². The minimum absolute atomic E-state index is 0. The third kappa shape index (κ3) is 8.33. The van der Waals surface area contributed by atoms with Crippen LogP contribution in [-0.2, 0) is 13.0 Å². The zero-order valence-corrected chi connectivity index (χ0v) is 21.9. The number of nitrogens with zero attached hydrogens (tertiary/aromatic N) is 2. The molecule has 1 amide bonds. The first-order valence-corrected chi connectivity index (χ1v) is 10.7. The molecular weight excluding hydrogens is 546 g/mol. The number of carbonyl (C=O) groups excluding carboxylic acids is 1. The Morgan fingerprint density at radius 2 is 1.59 bits per heavy atom. The van der Waals surface area contributed by atoms with Gasteiger partial charge in [-0.1, -0.05) is 24.3 Å². The van der Waals surface area contributed by atoms with E-state index in [1.165, 1.54) is 12.1 Å². The van der Waals surface area contributed by atoms with Gasteiger partial charge in [0.05, 0.1) is 0 Å². The molecule has 6 nitrogen and oxygen atoms in total. The second kappa shape index (κ2) is 13.5. The predicted molar refractivity (Wildman–Crippen MR) is 145 cm³/mol. The molecule has 0 fully saturated rings. The highest BCUT2D eigenvalue weighted by atomic mass is 127. The van der Waals surface area contributed by atoms with E-state index in [9.17, 15) is 9.18 Å². The van der Waals surface area contributed by atoms with Crippen LogP contribution in [0.5, 0.6) is 11.5 Å². The first-order chi connectivity index (χ1) is 15.9. The number of amides is 1. The minimum atomic E-state index is -0.293. The van der Waals surface area contributed by atoms with Gasteiger partial charge in [0.25, 0.3) is 5.91 Å². The zero-order chi connectivity index (χ0) is 23.6. The van der Waals surface area contributed by atoms with E-state index in [2.05, 4.69) is 15.6 Å². The van der Waals surface area contributed by atoms with Crippen LogP contribution in [0, 0.1) is 5.82 Å². The van der Waals surface area contributed by atoms with E-state index in [-0.39, 0.29) is 35.7 Å². The number of aliphatic imine (C=N–C) groups is 1. The summed E-state index contributed by atoms with van der Waals surface area (Å²) in [6, 6.07) is 21.3. The van der Waals surface area contributed by atoms with Gasteiger partial charge in [-0.05, 0) is 66.1 Å². The second-order valence-corrected chi connectivity index (χ2v) is 7.70. The molecular formula is C26H30FIN4O2. The Kier molecular flexibility index (Phi) is 10.8. The highest BCUT2D eigenvalue weighted by Crippen LogP contribution is 2.21. The van der Waals surface area contributed by atoms with Crippen molar-refractivity contribution in [1.29, 1.82) is 0 Å². The average Bonchev–Trinajstić information content (AvgIpc) is 2.83. The maximum atomic E-state index is 13.0. The second-order valence-electron chi connectivity index (χ2n) is 7.70. The molecule has 3 aromatic rings. The van der Waals surface area contributed by atoms with Crippen molar-refractivity contribution in [3.63, 3.8) is 0 Å². The summed E-state index contributed by atoms with van der Waals surface area (Å²) < 4.78 is 18.7. The number of carbonyl (C=O) groups is 1. The predicted octanol–water partition coefficient (Wildman–Crippen LogP) is 4.85. The monoisotopic (exact) mass is 576 g/mol. The van der Waals surface area contributed by atoms with E-state index in [4.69, 9.17) is 4.74 Å². The number of benzene rings is 3. The summed E-state index contributed by atoms with van der Waals surface area (Å²) in [6.45, 7) is 1.28. The van der Waals surface area contributed by atoms with Gasteiger partial charge in [-0.2, -0.15) is 0 Å². The molecule has 0 spiro atoms. The van der Waals surface area contributed by atoms with Gasteiger partial charge in [0.15, 0.2) is 5.96 Å². The van der Waals surface area contributed by atoms with Crippen molar-refractivity contribution in [3.8, 4) is 11.5 Å². The van der Waals surface area contributed by atoms with Gasteiger partial charge in [-0.3, -0.25) is 9.79 Å². The molecule has 34 heavy (non-hydrogen) atoms. The molecule has 0 saturated carbocycles. The average molecular weight is 576 g/mol. The summed E-state index contributed by atoms with van der Waals surface area (Å²) in [7, 11) is 5.22. The van der Waals surface area contributed by atoms with Gasteiger partial charge >= 0.3 is 0 Å². The van der Waals surface area contributed by atoms with Crippen LogP contribution in [0.25, 0.3) is 0 Å². The molecule has 0 aliphatic carbocycles. The van der Waals surface area contributed by atoms with Crippen molar-refractivity contribution in [3.05, 3.63) is 95.3 Å². The summed E-state index contributed by atoms with van der Waals surface area (Å²) in [5.74, 6) is 1.67. The standard InChI is InChI=1S/C26H29FN4O2.HI/c1-28-26(29-16-15-19-5-4-6-21(17-19)25(32)31(2)3)30-18-20-7-11-23(12-8-20)33-24-13-9-22(27)10-14-24;/h4-14,17H,15-16,18H2,1-3H3,(H2,28,29,30);1H. The summed E-state index contributed by atoms with van der Waals surface area (Å²) >= 11 is 0. The third-order valence-electron chi connectivity index (χ3n) is 4.94. The maximum absolute atomic E-state index is 13.0. The molecule has 0 unspecified atom stereocenters. The maximum Gasteiger partial charge on any atom is 0.253 e. The van der Waals surface area contributed by atoms with Crippen molar-refractivity contribution >= 4 is 35.8 Å². The van der Waals surface area contributed by atoms with Gasteiger partial charge in [-0.15, -0.1) is 24.0 Å². The number of hydrogen-bond acceptors (Lipinski definition) is 3. The third-order valence-corrected chi connectivity index (χ3v) is 4.94. The number of nitrogens with one attached hydrogen (secondary N) is 2. The Hall–Kier alpha value is -3.14. The zero-order valence-electron chi connectivity index (χ0n) is 19.5. The van der Waals surface area contributed by atoms with Crippen LogP contribution in [0.1, 0.15) is 21.5 Å². The molecule has 0 bridgehead atoms. The summed E-state index contributed by atoms with van der Waals surface area (Å²) in [5, 5.41) is 6.58. The first-order valence-electron chi connectivity index (χ1n) is 10.7. The lowest BCUT2D eigenvalue weighted by molar-refractivity contribution is 0.0827. The van der Waals surface area contributed by atoms with Crippen LogP contribution in [0.3, 0.4) is 0 Å². The Morgan fingerprint density at radius 1 is 0.941 bits per heavy atom. The molecule has 2 N–H and O–H groups in total. The molecule has 0 aromatic heterocycles. The summed E-state index contributed by atoms with van der Waals surface area (Å²) in [4.78, 5) is 18.0. The number of ether oxygens (including phenoxy) is 1. The van der Waals surface area contributed by atoms with E-state index < -0.39 is 0 Å². The lowest BCUT2D eigenvalue weighted by Crippen LogP contribution is -2.37. The first kappa shape index (κ1) is 27.1. The van der Waals surface area contributed by atoms with Crippen LogP contribution in [-0.4, -0.2) is 44.5 Å². The van der Waals surface area contributed by atoms with Crippen LogP contribution in [0.2, 0.25) is 0 Å². The number of guanidine groups is 1. The SMILES string of the molecule is CN=C(NCCc1cccc(C(=O)N(C)C)c1)NCc1ccc(Oc2ccc(F)cc2)cc1.I. The Bertz CT molecular complexity index is 1090. The molecule has 0 radical (unpaired) electrons. The normalized spacial score (nSPS) is 10.8. The van der Waals surface area contributed by atoms with Crippen molar-refractivity contribution in [2.24, 2.45) is 4.99 Å². The fraction of sp³-hybridized carbons (Fsp3) is 0.231. The van der Waals surface area contributed by atoms with Crippen LogP contribution in [0.4, 0.5) is 4.39 Å². The fourth-order valence-electron chi connectivity index (χ4n) is 3.16. The van der Waals surface area contributed by atoms with Crippen LogP contribution < -0.4 is 15.4 Å². The molecule has 3 aromatic carbocycles. The number of rotatable bonds is 8. The van der Waals surface area contributed by atoms with Crippen molar-refractivity contribution in [2.45, 2.75) is 13.0 Å². The van der Waals surface area contributed by atoms with E-state index in [1.54, 1.807) is 38.2 Å². The van der Waals surface area contributed by atoms with Gasteiger partial charge < -0.3 is 20.3 Å². The number of hydrogen-bond donors (Lipinski definition) is 2. The lowest BCUT2D eigenvalue weighted by Gasteiger charge is -2.13. The van der Waals surface area contributed by atoms with Crippen LogP contribution in [0.15, 0.2) is 77.8 Å². The Labute approximate surface area is 217 Å². The highest BCUT2D eigenvalue weighted by Gasteiger charge is 2.08. The highest BCUT2D eigenvalue weighted by molar-refractivity contribution is 14.0. The van der Waals surface area contributed by atoms with E-state index >= 15 is 0 Å². The van der Waals surface area contributed by atoms with Gasteiger partial charge in [-0.25, -0.2) is 4.39 Å². The quantitative estimate of drug-likeness (QED) is 0.229. The van der Waals surface area contributed by atoms with Gasteiger partial charge in [0.1, 0.15) is 17.3 Å².